The Morgan fingerprint density at radius 1 is 1.28 bits per heavy atom. The summed E-state index contributed by atoms with van der Waals surface area (Å²) in [5.41, 5.74) is -0.348. The first-order chi connectivity index (χ1) is 8.65. The molecule has 0 bridgehead atoms. The molecule has 0 aromatic carbocycles. The third-order valence-corrected chi connectivity index (χ3v) is 4.29. The number of hydrogen-bond acceptors (Lipinski definition) is 3. The molecule has 0 aromatic heterocycles. The highest BCUT2D eigenvalue weighted by Gasteiger charge is 2.34. The largest absolute Gasteiger partial charge is 0.300 e. The fourth-order valence-corrected chi connectivity index (χ4v) is 3.08. The molecule has 1 saturated carbocycles. The van der Waals surface area contributed by atoms with E-state index >= 15 is 0 Å². The topological polar surface area (TPSA) is 39.1 Å². The van der Waals surface area contributed by atoms with Crippen LogP contribution in [0.4, 0.5) is 0 Å². The van der Waals surface area contributed by atoms with E-state index in [-0.39, 0.29) is 5.54 Å². The molecule has 0 aromatic rings. The Balaban J connectivity index is 1.77. The average Bonchev–Trinajstić information content (AvgIpc) is 3.16. The molecule has 18 heavy (non-hydrogen) atoms. The molecule has 0 radical (unpaired) electrons. The van der Waals surface area contributed by atoms with Crippen molar-refractivity contribution in [3.63, 3.8) is 0 Å². The summed E-state index contributed by atoms with van der Waals surface area (Å²) >= 11 is 0. The molecule has 1 atom stereocenters. The van der Waals surface area contributed by atoms with Gasteiger partial charge in [-0.25, -0.2) is 0 Å². The van der Waals surface area contributed by atoms with Crippen molar-refractivity contribution in [2.45, 2.75) is 64.0 Å². The number of nitrogens with one attached hydrogen (secondary N) is 1. The highest BCUT2D eigenvalue weighted by atomic mass is 15.2. The first-order valence-corrected chi connectivity index (χ1v) is 7.56. The molecule has 2 fully saturated rings. The highest BCUT2D eigenvalue weighted by Crippen LogP contribution is 2.25. The molecule has 0 amide bonds. The van der Waals surface area contributed by atoms with Crippen molar-refractivity contribution >= 4 is 0 Å². The lowest BCUT2D eigenvalue weighted by atomic mass is 9.91. The molecule has 2 rings (SSSR count). The Morgan fingerprint density at radius 3 is 2.44 bits per heavy atom. The third kappa shape index (κ3) is 3.96. The monoisotopic (exact) mass is 249 g/mol. The smallest absolute Gasteiger partial charge is 0.116 e. The maximum atomic E-state index is 9.39. The van der Waals surface area contributed by atoms with Gasteiger partial charge in [-0.2, -0.15) is 5.26 Å². The maximum absolute atomic E-state index is 9.39. The highest BCUT2D eigenvalue weighted by molar-refractivity contribution is 5.09. The first kappa shape index (κ1) is 13.8. The van der Waals surface area contributed by atoms with E-state index in [1.165, 1.54) is 51.6 Å². The van der Waals surface area contributed by atoms with Crippen LogP contribution >= 0.6 is 0 Å². The number of nitriles is 1. The van der Waals surface area contributed by atoms with Gasteiger partial charge in [-0.3, -0.25) is 5.32 Å². The number of nitrogens with zero attached hydrogens (tertiary/aromatic N) is 2. The molecule has 1 aliphatic carbocycles. The summed E-state index contributed by atoms with van der Waals surface area (Å²) in [5, 5.41) is 12.9. The lowest BCUT2D eigenvalue weighted by molar-refractivity contribution is 0.151. The molecule has 2 aliphatic rings. The SMILES string of the molecule is CCCC1CCN(CC(C)(C#N)NC2CC2)CC1. The minimum Gasteiger partial charge on any atom is -0.300 e. The second kappa shape index (κ2) is 6.04. The van der Waals surface area contributed by atoms with E-state index in [0.29, 0.717) is 6.04 Å². The molecule has 1 heterocycles. The molecule has 3 heteroatoms. The van der Waals surface area contributed by atoms with Gasteiger partial charge in [0, 0.05) is 12.6 Å². The van der Waals surface area contributed by atoms with Crippen LogP contribution in [-0.2, 0) is 0 Å². The second-order valence-electron chi connectivity index (χ2n) is 6.37. The zero-order chi connectivity index (χ0) is 13.0. The molecule has 1 N–H and O–H groups in total. The fraction of sp³-hybridized carbons (Fsp3) is 0.933. The van der Waals surface area contributed by atoms with Gasteiger partial charge in [0.05, 0.1) is 6.07 Å². The molecular weight excluding hydrogens is 222 g/mol. The Morgan fingerprint density at radius 2 is 1.94 bits per heavy atom. The predicted octanol–water partition coefficient (Wildman–Crippen LogP) is 2.53. The van der Waals surface area contributed by atoms with Crippen LogP contribution in [0, 0.1) is 17.2 Å². The van der Waals surface area contributed by atoms with Crippen LogP contribution in [0.15, 0.2) is 0 Å². The number of rotatable bonds is 6. The Hall–Kier alpha value is -0.590. The van der Waals surface area contributed by atoms with Gasteiger partial charge in [0.25, 0.3) is 0 Å². The summed E-state index contributed by atoms with van der Waals surface area (Å²) in [7, 11) is 0. The maximum Gasteiger partial charge on any atom is 0.116 e. The van der Waals surface area contributed by atoms with E-state index in [9.17, 15) is 5.26 Å². The molecule has 1 aliphatic heterocycles. The van der Waals surface area contributed by atoms with Crippen molar-refractivity contribution in [3.05, 3.63) is 0 Å². The van der Waals surface area contributed by atoms with Crippen LogP contribution < -0.4 is 5.32 Å². The van der Waals surface area contributed by atoms with E-state index in [4.69, 9.17) is 0 Å². The van der Waals surface area contributed by atoms with E-state index < -0.39 is 0 Å². The summed E-state index contributed by atoms with van der Waals surface area (Å²) in [6.45, 7) is 7.57. The van der Waals surface area contributed by atoms with E-state index in [2.05, 4.69) is 30.1 Å². The van der Waals surface area contributed by atoms with Gasteiger partial charge in [0.2, 0.25) is 0 Å². The third-order valence-electron chi connectivity index (χ3n) is 4.29. The van der Waals surface area contributed by atoms with Crippen LogP contribution in [0.1, 0.15) is 52.4 Å². The van der Waals surface area contributed by atoms with Gasteiger partial charge in [-0.1, -0.05) is 19.8 Å². The van der Waals surface area contributed by atoms with E-state index in [1.54, 1.807) is 0 Å². The number of hydrogen-bond donors (Lipinski definition) is 1. The molecule has 102 valence electrons. The summed E-state index contributed by atoms with van der Waals surface area (Å²) in [4.78, 5) is 2.48. The molecule has 1 unspecified atom stereocenters. The first-order valence-electron chi connectivity index (χ1n) is 7.56. The average molecular weight is 249 g/mol. The van der Waals surface area contributed by atoms with Crippen molar-refractivity contribution in [2.24, 2.45) is 5.92 Å². The molecule has 1 saturated heterocycles. The zero-order valence-electron chi connectivity index (χ0n) is 11.9. The minimum atomic E-state index is -0.348. The van der Waals surface area contributed by atoms with Crippen molar-refractivity contribution in [1.29, 1.82) is 5.26 Å². The normalized spacial score (nSPS) is 25.6. The van der Waals surface area contributed by atoms with Gasteiger partial charge in [0.15, 0.2) is 0 Å². The van der Waals surface area contributed by atoms with Crippen molar-refractivity contribution in [2.75, 3.05) is 19.6 Å². The minimum absolute atomic E-state index is 0.348. The van der Waals surface area contributed by atoms with Crippen molar-refractivity contribution < 1.29 is 0 Å². The van der Waals surface area contributed by atoms with Gasteiger partial charge in [-0.15, -0.1) is 0 Å². The Bertz CT molecular complexity index is 297. The van der Waals surface area contributed by atoms with Gasteiger partial charge in [0.1, 0.15) is 5.54 Å². The molecular formula is C15H27N3. The van der Waals surface area contributed by atoms with Crippen LogP contribution in [0.3, 0.4) is 0 Å². The quantitative estimate of drug-likeness (QED) is 0.786. The second-order valence-corrected chi connectivity index (χ2v) is 6.37. The van der Waals surface area contributed by atoms with Crippen molar-refractivity contribution in [1.82, 2.24) is 10.2 Å². The lowest BCUT2D eigenvalue weighted by Gasteiger charge is -2.36. The van der Waals surface area contributed by atoms with Crippen LogP contribution in [-0.4, -0.2) is 36.1 Å². The Kier molecular flexibility index (Phi) is 4.64. The summed E-state index contributed by atoms with van der Waals surface area (Å²) in [6.07, 6.45) is 7.82. The number of likely N-dealkylation sites (tertiary alicyclic amines) is 1. The van der Waals surface area contributed by atoms with Crippen LogP contribution in [0.5, 0.6) is 0 Å². The van der Waals surface area contributed by atoms with Crippen LogP contribution in [0.25, 0.3) is 0 Å². The van der Waals surface area contributed by atoms with E-state index in [1.807, 2.05) is 0 Å². The van der Waals surface area contributed by atoms with Gasteiger partial charge < -0.3 is 4.90 Å². The molecule has 3 nitrogen and oxygen atoms in total. The summed E-state index contributed by atoms with van der Waals surface area (Å²) in [5.74, 6) is 0.927. The predicted molar refractivity (Wildman–Crippen MR) is 74.2 cm³/mol. The standard InChI is InChI=1S/C15H27N3/c1-3-4-13-7-9-18(10-8-13)12-15(2,11-16)17-14-5-6-14/h13-14,17H,3-10,12H2,1-2H3. The van der Waals surface area contributed by atoms with Gasteiger partial charge >= 0.3 is 0 Å². The zero-order valence-corrected chi connectivity index (χ0v) is 11.9. The van der Waals surface area contributed by atoms with Gasteiger partial charge in [-0.05, 0) is 51.6 Å². The molecule has 0 spiro atoms. The van der Waals surface area contributed by atoms with Crippen molar-refractivity contribution in [3.8, 4) is 6.07 Å². The lowest BCUT2D eigenvalue weighted by Crippen LogP contribution is -2.52. The van der Waals surface area contributed by atoms with E-state index in [0.717, 1.165) is 12.5 Å². The fourth-order valence-electron chi connectivity index (χ4n) is 3.08. The summed E-state index contributed by atoms with van der Waals surface area (Å²) < 4.78 is 0. The number of piperidine rings is 1. The summed E-state index contributed by atoms with van der Waals surface area (Å²) in [6, 6.07) is 3.08. The van der Waals surface area contributed by atoms with Crippen LogP contribution in [0.2, 0.25) is 0 Å². The Labute approximate surface area is 112 Å².